The number of nitrogens with one attached hydrogen (secondary N) is 1. The van der Waals surface area contributed by atoms with E-state index in [1.807, 2.05) is 37.7 Å². The van der Waals surface area contributed by atoms with Crippen molar-refractivity contribution in [2.24, 2.45) is 13.0 Å². The summed E-state index contributed by atoms with van der Waals surface area (Å²) in [6, 6.07) is 10.6. The van der Waals surface area contributed by atoms with Gasteiger partial charge in [0, 0.05) is 59.5 Å². The van der Waals surface area contributed by atoms with Crippen LogP contribution in [0.3, 0.4) is 0 Å². The van der Waals surface area contributed by atoms with Crippen molar-refractivity contribution in [1.82, 2.24) is 19.7 Å². The third-order valence-corrected chi connectivity index (χ3v) is 9.04. The van der Waals surface area contributed by atoms with Crippen molar-refractivity contribution in [2.45, 2.75) is 66.7 Å². The number of aromatic nitrogens is 3. The zero-order chi connectivity index (χ0) is 31.3. The van der Waals surface area contributed by atoms with Gasteiger partial charge in [0.25, 0.3) is 0 Å². The van der Waals surface area contributed by atoms with E-state index in [2.05, 4.69) is 49.1 Å². The van der Waals surface area contributed by atoms with Gasteiger partial charge in [-0.05, 0) is 95.0 Å². The summed E-state index contributed by atoms with van der Waals surface area (Å²) in [5, 5.41) is 15.2. The number of carboxylic acids is 1. The number of H-pyrrole nitrogens is 1. The van der Waals surface area contributed by atoms with Crippen molar-refractivity contribution >= 4 is 34.9 Å². The number of hydrogen-bond donors (Lipinski definition) is 2. The molecule has 1 amide bonds. The Kier molecular flexibility index (Phi) is 10.6. The van der Waals surface area contributed by atoms with Crippen LogP contribution >= 0.6 is 11.6 Å². The highest BCUT2D eigenvalue weighted by Gasteiger charge is 2.20. The van der Waals surface area contributed by atoms with Crippen molar-refractivity contribution in [3.05, 3.63) is 69.1 Å². The van der Waals surface area contributed by atoms with Crippen molar-refractivity contribution in [3.8, 4) is 16.9 Å². The SMILES string of the molecule is Cc1cc(OCCCc2c(C)[nH]c3c(-c4c(C)nn(C)c4C)cccc23)cc(C)c1Cl.O=CN1CCC(CC(=O)O)CC1. The molecule has 0 aliphatic carbocycles. The highest BCUT2D eigenvalue weighted by atomic mass is 35.5. The smallest absolute Gasteiger partial charge is 0.303 e. The van der Waals surface area contributed by atoms with Gasteiger partial charge >= 0.3 is 5.97 Å². The molecule has 1 aliphatic rings. The van der Waals surface area contributed by atoms with Gasteiger partial charge in [-0.2, -0.15) is 5.10 Å². The number of rotatable bonds is 9. The predicted octanol–water partition coefficient (Wildman–Crippen LogP) is 7.11. The van der Waals surface area contributed by atoms with Crippen molar-refractivity contribution in [3.63, 3.8) is 0 Å². The summed E-state index contributed by atoms with van der Waals surface area (Å²) in [6.07, 6.45) is 4.63. The number of halogens is 1. The molecule has 3 heterocycles. The average Bonchev–Trinajstić information content (AvgIpc) is 3.42. The number of amides is 1. The number of ether oxygens (including phenoxy) is 1. The third-order valence-electron chi connectivity index (χ3n) is 8.44. The Morgan fingerprint density at radius 3 is 2.40 bits per heavy atom. The molecule has 0 spiro atoms. The van der Waals surface area contributed by atoms with E-state index < -0.39 is 5.97 Å². The maximum absolute atomic E-state index is 10.3. The van der Waals surface area contributed by atoms with Crippen LogP contribution in [-0.4, -0.2) is 56.8 Å². The fraction of sp³-hybridized carbons (Fsp3) is 0.441. The highest BCUT2D eigenvalue weighted by Crippen LogP contribution is 2.35. The van der Waals surface area contributed by atoms with Gasteiger partial charge in [-0.1, -0.05) is 29.8 Å². The van der Waals surface area contributed by atoms with Gasteiger partial charge in [-0.15, -0.1) is 0 Å². The fourth-order valence-corrected chi connectivity index (χ4v) is 6.14. The number of piperidine rings is 1. The number of hydrogen-bond acceptors (Lipinski definition) is 4. The lowest BCUT2D eigenvalue weighted by Crippen LogP contribution is -2.33. The molecule has 0 unspecified atom stereocenters. The second-order valence-electron chi connectivity index (χ2n) is 11.6. The van der Waals surface area contributed by atoms with E-state index in [0.717, 1.165) is 59.7 Å². The van der Waals surface area contributed by atoms with E-state index in [1.165, 1.54) is 39.0 Å². The molecule has 2 aromatic carbocycles. The van der Waals surface area contributed by atoms with Crippen molar-refractivity contribution in [1.29, 1.82) is 0 Å². The first-order valence-electron chi connectivity index (χ1n) is 14.9. The number of aromatic amines is 1. The summed E-state index contributed by atoms with van der Waals surface area (Å²) < 4.78 is 7.98. The number of para-hydroxylation sites is 1. The second-order valence-corrected chi connectivity index (χ2v) is 12.0. The number of benzene rings is 2. The van der Waals surface area contributed by atoms with Gasteiger partial charge in [0.1, 0.15) is 5.75 Å². The summed E-state index contributed by atoms with van der Waals surface area (Å²) in [4.78, 5) is 26.0. The van der Waals surface area contributed by atoms with Crippen molar-refractivity contribution < 1.29 is 19.4 Å². The molecular formula is C34H43ClN4O4. The molecule has 2 N–H and O–H groups in total. The van der Waals surface area contributed by atoms with Crippen LogP contribution in [0.15, 0.2) is 30.3 Å². The standard InChI is InChI=1S/C26H30ClN3O.C8H13NO3/c1-15-13-20(14-16(2)25(15)27)31-12-8-11-21-17(3)28-26-22(21)9-7-10-23(26)24-18(4)29-30(6)19(24)5;10-6-9-3-1-7(2-4-9)5-8(11)12/h7,9-10,13-14,28H,8,11-12H2,1-6H3;6-7H,1-5H2,(H,11,12). The van der Waals surface area contributed by atoms with Crippen molar-refractivity contribution in [2.75, 3.05) is 19.7 Å². The molecule has 43 heavy (non-hydrogen) atoms. The molecule has 230 valence electrons. The van der Waals surface area contributed by atoms with Crippen LogP contribution in [0.4, 0.5) is 0 Å². The van der Waals surface area contributed by atoms with Gasteiger partial charge in [-0.25, -0.2) is 0 Å². The van der Waals surface area contributed by atoms with E-state index in [0.29, 0.717) is 19.7 Å². The lowest BCUT2D eigenvalue weighted by Gasteiger charge is -2.27. The summed E-state index contributed by atoms with van der Waals surface area (Å²) in [7, 11) is 2.00. The van der Waals surface area contributed by atoms with E-state index in [1.54, 1.807) is 4.90 Å². The van der Waals surface area contributed by atoms with Gasteiger partial charge in [0.05, 0.1) is 17.8 Å². The Morgan fingerprint density at radius 1 is 1.14 bits per heavy atom. The zero-order valence-corrected chi connectivity index (χ0v) is 26.8. The van der Waals surface area contributed by atoms with Gasteiger partial charge in [-0.3, -0.25) is 14.3 Å². The minimum absolute atomic E-state index is 0.243. The fourth-order valence-electron chi connectivity index (χ4n) is 6.04. The van der Waals surface area contributed by atoms with Crippen LogP contribution in [0.25, 0.3) is 22.0 Å². The Morgan fingerprint density at radius 2 is 1.81 bits per heavy atom. The van der Waals surface area contributed by atoms with E-state index >= 15 is 0 Å². The Bertz CT molecular complexity index is 1570. The monoisotopic (exact) mass is 606 g/mol. The summed E-state index contributed by atoms with van der Waals surface area (Å²) >= 11 is 6.26. The molecule has 2 aromatic heterocycles. The molecular weight excluding hydrogens is 564 g/mol. The minimum atomic E-state index is -0.737. The molecule has 0 saturated carbocycles. The van der Waals surface area contributed by atoms with Crippen LogP contribution in [0.5, 0.6) is 5.75 Å². The number of carbonyl (C=O) groups is 2. The van der Waals surface area contributed by atoms with E-state index in [-0.39, 0.29) is 12.3 Å². The number of carbonyl (C=O) groups excluding carboxylic acids is 1. The van der Waals surface area contributed by atoms with E-state index in [9.17, 15) is 9.59 Å². The average molecular weight is 607 g/mol. The first-order chi connectivity index (χ1) is 20.5. The summed E-state index contributed by atoms with van der Waals surface area (Å²) in [6.45, 7) is 12.5. The quantitative estimate of drug-likeness (QED) is 0.156. The molecule has 0 bridgehead atoms. The van der Waals surface area contributed by atoms with Crippen LogP contribution in [0.2, 0.25) is 5.02 Å². The lowest BCUT2D eigenvalue weighted by molar-refractivity contribution is -0.138. The minimum Gasteiger partial charge on any atom is -0.494 e. The molecule has 5 rings (SSSR count). The Hall–Kier alpha value is -3.78. The molecule has 9 heteroatoms. The topological polar surface area (TPSA) is 100 Å². The maximum atomic E-state index is 10.3. The van der Waals surface area contributed by atoms with Crippen LogP contribution < -0.4 is 4.74 Å². The summed E-state index contributed by atoms with van der Waals surface area (Å²) in [5.41, 5.74) is 10.6. The van der Waals surface area contributed by atoms with Crippen LogP contribution in [-0.2, 0) is 23.1 Å². The zero-order valence-electron chi connectivity index (χ0n) is 26.1. The first-order valence-corrected chi connectivity index (χ1v) is 15.3. The number of likely N-dealkylation sites (tertiary alicyclic amines) is 1. The van der Waals surface area contributed by atoms with Gasteiger partial charge in [0.2, 0.25) is 6.41 Å². The summed E-state index contributed by atoms with van der Waals surface area (Å²) in [5.74, 6) is 0.415. The second kappa shape index (κ2) is 14.1. The normalized spacial score (nSPS) is 13.6. The predicted molar refractivity (Wildman–Crippen MR) is 172 cm³/mol. The molecule has 0 atom stereocenters. The van der Waals surface area contributed by atoms with Gasteiger partial charge in [0.15, 0.2) is 0 Å². The third kappa shape index (κ3) is 7.60. The molecule has 1 saturated heterocycles. The Labute approximate surface area is 259 Å². The van der Waals surface area contributed by atoms with E-state index in [4.69, 9.17) is 21.4 Å². The van der Waals surface area contributed by atoms with Crippen LogP contribution in [0.1, 0.15) is 59.5 Å². The number of nitrogens with zero attached hydrogens (tertiary/aromatic N) is 3. The number of fused-ring (bicyclic) bond motifs is 1. The largest absolute Gasteiger partial charge is 0.494 e. The number of carboxylic acid groups (broad SMARTS) is 1. The lowest BCUT2D eigenvalue weighted by atomic mass is 9.94. The first kappa shape index (κ1) is 32.1. The number of aliphatic carboxylic acids is 1. The highest BCUT2D eigenvalue weighted by molar-refractivity contribution is 6.32. The number of aryl methyl sites for hydroxylation is 6. The van der Waals surface area contributed by atoms with Gasteiger partial charge < -0.3 is 19.7 Å². The van der Waals surface area contributed by atoms with Crippen LogP contribution in [0, 0.1) is 40.5 Å². The molecule has 4 aromatic rings. The maximum Gasteiger partial charge on any atom is 0.303 e. The molecule has 1 fully saturated rings. The molecule has 1 aliphatic heterocycles. The molecule has 8 nitrogen and oxygen atoms in total. The molecule has 0 radical (unpaired) electrons. The Balaban J connectivity index is 0.000000296.